The Labute approximate surface area is 112 Å². The fourth-order valence-electron chi connectivity index (χ4n) is 2.19. The summed E-state index contributed by atoms with van der Waals surface area (Å²) < 4.78 is 0. The maximum absolute atomic E-state index is 12.2. The Bertz CT molecular complexity index is 413. The van der Waals surface area contributed by atoms with Gasteiger partial charge in [0.25, 0.3) is 5.91 Å². The average molecular weight is 264 g/mol. The summed E-state index contributed by atoms with van der Waals surface area (Å²) in [7, 11) is 0. The summed E-state index contributed by atoms with van der Waals surface area (Å²) in [6.07, 6.45) is 4.80. The number of nitrogens with zero attached hydrogens (tertiary/aromatic N) is 3. The van der Waals surface area contributed by atoms with Gasteiger partial charge < -0.3 is 15.3 Å². The van der Waals surface area contributed by atoms with Crippen molar-refractivity contribution in [1.29, 1.82) is 0 Å². The number of carbonyl (C=O) groups excluding carboxylic acids is 1. The Balaban J connectivity index is 1.96. The molecule has 1 saturated heterocycles. The molecule has 2 heterocycles. The minimum atomic E-state index is -0.0769. The second kappa shape index (κ2) is 6.47. The van der Waals surface area contributed by atoms with Crippen LogP contribution in [0.15, 0.2) is 12.4 Å². The highest BCUT2D eigenvalue weighted by molar-refractivity contribution is 5.92. The van der Waals surface area contributed by atoms with Crippen LogP contribution in [0.25, 0.3) is 0 Å². The van der Waals surface area contributed by atoms with Crippen LogP contribution < -0.4 is 5.32 Å². The number of carbonyl (C=O) groups is 1. The van der Waals surface area contributed by atoms with Crippen LogP contribution in [0, 0.1) is 5.92 Å². The predicted molar refractivity (Wildman–Crippen MR) is 71.9 cm³/mol. The number of hydrogen-bond donors (Lipinski definition) is 2. The van der Waals surface area contributed by atoms with Gasteiger partial charge in [0.15, 0.2) is 0 Å². The molecule has 2 N–H and O–H groups in total. The van der Waals surface area contributed by atoms with Gasteiger partial charge in [-0.05, 0) is 25.7 Å². The zero-order valence-electron chi connectivity index (χ0n) is 11.2. The minimum absolute atomic E-state index is 0.0769. The van der Waals surface area contributed by atoms with E-state index in [9.17, 15) is 4.79 Å². The molecule has 0 aliphatic carbocycles. The molecule has 1 aliphatic heterocycles. The van der Waals surface area contributed by atoms with E-state index in [-0.39, 0.29) is 12.5 Å². The van der Waals surface area contributed by atoms with Crippen molar-refractivity contribution in [3.8, 4) is 0 Å². The first-order valence-electron chi connectivity index (χ1n) is 6.70. The van der Waals surface area contributed by atoms with Gasteiger partial charge in [0.1, 0.15) is 11.5 Å². The van der Waals surface area contributed by atoms with Crippen molar-refractivity contribution in [3.63, 3.8) is 0 Å². The molecule has 0 spiro atoms. The first-order chi connectivity index (χ1) is 9.24. The Morgan fingerprint density at radius 1 is 1.42 bits per heavy atom. The predicted octanol–water partition coefficient (Wildman–Crippen LogP) is 0.753. The molecule has 1 amide bonds. The molecule has 6 heteroatoms. The zero-order valence-corrected chi connectivity index (χ0v) is 11.2. The quantitative estimate of drug-likeness (QED) is 0.839. The van der Waals surface area contributed by atoms with Crippen molar-refractivity contribution in [2.45, 2.75) is 19.8 Å². The maximum atomic E-state index is 12.2. The lowest BCUT2D eigenvalue weighted by atomic mass is 9.98. The molecule has 0 radical (unpaired) electrons. The highest BCUT2D eigenvalue weighted by Gasteiger charge is 2.23. The third-order valence-corrected chi connectivity index (χ3v) is 3.39. The van der Waals surface area contributed by atoms with E-state index >= 15 is 0 Å². The van der Waals surface area contributed by atoms with Crippen LogP contribution in [0.3, 0.4) is 0 Å². The van der Waals surface area contributed by atoms with Crippen LogP contribution >= 0.6 is 0 Å². The molecule has 0 aromatic carbocycles. The highest BCUT2D eigenvalue weighted by atomic mass is 16.3. The van der Waals surface area contributed by atoms with Gasteiger partial charge in [-0.1, -0.05) is 0 Å². The van der Waals surface area contributed by atoms with Crippen molar-refractivity contribution in [2.24, 2.45) is 5.92 Å². The lowest BCUT2D eigenvalue weighted by molar-refractivity contribution is 0.0644. The summed E-state index contributed by atoms with van der Waals surface area (Å²) >= 11 is 0. The van der Waals surface area contributed by atoms with Crippen LogP contribution in [0.5, 0.6) is 0 Å². The summed E-state index contributed by atoms with van der Waals surface area (Å²) in [5, 5.41) is 12.1. The average Bonchev–Trinajstić information content (AvgIpc) is 2.48. The fraction of sp³-hybridized carbons (Fsp3) is 0.615. The van der Waals surface area contributed by atoms with Gasteiger partial charge in [-0.25, -0.2) is 9.97 Å². The normalized spacial score (nSPS) is 16.4. The number of piperidine rings is 1. The van der Waals surface area contributed by atoms with Gasteiger partial charge in [-0.3, -0.25) is 4.79 Å². The fourth-order valence-corrected chi connectivity index (χ4v) is 2.19. The molecule has 1 aromatic rings. The molecular weight excluding hydrogens is 244 g/mol. The molecule has 0 saturated carbocycles. The summed E-state index contributed by atoms with van der Waals surface area (Å²) in [4.78, 5) is 22.3. The second-order valence-electron chi connectivity index (χ2n) is 4.74. The zero-order chi connectivity index (χ0) is 13.7. The number of aliphatic hydroxyl groups is 1. The number of rotatable bonds is 4. The van der Waals surface area contributed by atoms with E-state index < -0.39 is 0 Å². The number of hydrogen-bond acceptors (Lipinski definition) is 5. The lowest BCUT2D eigenvalue weighted by Crippen LogP contribution is -2.39. The van der Waals surface area contributed by atoms with Crippen LogP contribution in [-0.2, 0) is 0 Å². The monoisotopic (exact) mass is 264 g/mol. The lowest BCUT2D eigenvalue weighted by Gasteiger charge is -2.30. The molecule has 1 aliphatic rings. The Kier molecular flexibility index (Phi) is 4.68. The van der Waals surface area contributed by atoms with Crippen molar-refractivity contribution in [2.75, 3.05) is 31.6 Å². The van der Waals surface area contributed by atoms with E-state index in [0.717, 1.165) is 19.4 Å². The van der Waals surface area contributed by atoms with E-state index in [0.29, 0.717) is 30.5 Å². The molecule has 0 unspecified atom stereocenters. The smallest absolute Gasteiger partial charge is 0.274 e. The molecule has 2 rings (SSSR count). The van der Waals surface area contributed by atoms with Crippen LogP contribution in [0.4, 0.5) is 5.82 Å². The first kappa shape index (κ1) is 13.7. The van der Waals surface area contributed by atoms with Crippen LogP contribution in [0.2, 0.25) is 0 Å². The standard InChI is InChI=1S/C13H20N4O2/c1-2-14-12-8-15-11(7-16-12)13(19)17-5-3-10(9-18)4-6-17/h7-8,10,18H,2-6,9H2,1H3,(H,14,16). The van der Waals surface area contributed by atoms with Crippen LogP contribution in [-0.4, -0.2) is 52.1 Å². The van der Waals surface area contributed by atoms with Gasteiger partial charge in [-0.15, -0.1) is 0 Å². The van der Waals surface area contributed by atoms with Gasteiger partial charge in [0.2, 0.25) is 0 Å². The molecule has 104 valence electrons. The number of aromatic nitrogens is 2. The van der Waals surface area contributed by atoms with Crippen molar-refractivity contribution >= 4 is 11.7 Å². The number of anilines is 1. The van der Waals surface area contributed by atoms with Gasteiger partial charge in [0, 0.05) is 26.2 Å². The summed E-state index contributed by atoms with van der Waals surface area (Å²) in [5.41, 5.74) is 0.379. The molecular formula is C13H20N4O2. The SMILES string of the molecule is CCNc1cnc(C(=O)N2CCC(CO)CC2)cn1. The molecule has 6 nitrogen and oxygen atoms in total. The Morgan fingerprint density at radius 3 is 2.68 bits per heavy atom. The third-order valence-electron chi connectivity index (χ3n) is 3.39. The van der Waals surface area contributed by atoms with Gasteiger partial charge in [-0.2, -0.15) is 0 Å². The van der Waals surface area contributed by atoms with Crippen LogP contribution in [0.1, 0.15) is 30.3 Å². The maximum Gasteiger partial charge on any atom is 0.274 e. The minimum Gasteiger partial charge on any atom is -0.396 e. The largest absolute Gasteiger partial charge is 0.396 e. The Morgan fingerprint density at radius 2 is 2.16 bits per heavy atom. The molecule has 1 fully saturated rings. The van der Waals surface area contributed by atoms with E-state index in [1.807, 2.05) is 6.92 Å². The number of nitrogens with one attached hydrogen (secondary N) is 1. The van der Waals surface area contributed by atoms with Crippen molar-refractivity contribution in [1.82, 2.24) is 14.9 Å². The third kappa shape index (κ3) is 3.41. The summed E-state index contributed by atoms with van der Waals surface area (Å²) in [6, 6.07) is 0. The number of likely N-dealkylation sites (tertiary alicyclic amines) is 1. The van der Waals surface area contributed by atoms with E-state index in [4.69, 9.17) is 5.11 Å². The van der Waals surface area contributed by atoms with Gasteiger partial charge >= 0.3 is 0 Å². The molecule has 19 heavy (non-hydrogen) atoms. The summed E-state index contributed by atoms with van der Waals surface area (Å²) in [6.45, 7) is 4.32. The molecule has 1 aromatic heterocycles. The topological polar surface area (TPSA) is 78.4 Å². The van der Waals surface area contributed by atoms with Gasteiger partial charge in [0.05, 0.1) is 12.4 Å². The van der Waals surface area contributed by atoms with Crippen molar-refractivity contribution in [3.05, 3.63) is 18.1 Å². The van der Waals surface area contributed by atoms with E-state index in [1.165, 1.54) is 6.20 Å². The highest BCUT2D eigenvalue weighted by Crippen LogP contribution is 2.17. The second-order valence-corrected chi connectivity index (χ2v) is 4.74. The Hall–Kier alpha value is -1.69. The van der Waals surface area contributed by atoms with E-state index in [1.54, 1.807) is 11.1 Å². The number of aliphatic hydroxyl groups excluding tert-OH is 1. The molecule has 0 bridgehead atoms. The summed E-state index contributed by atoms with van der Waals surface area (Å²) in [5.74, 6) is 0.927. The molecule has 0 atom stereocenters. The van der Waals surface area contributed by atoms with Crippen molar-refractivity contribution < 1.29 is 9.90 Å². The van der Waals surface area contributed by atoms with E-state index in [2.05, 4.69) is 15.3 Å². The first-order valence-corrected chi connectivity index (χ1v) is 6.70. The number of amides is 1.